The van der Waals surface area contributed by atoms with Crippen molar-refractivity contribution in [2.45, 2.75) is 56.8 Å². The lowest BCUT2D eigenvalue weighted by Crippen LogP contribution is -2.51. The fourth-order valence-electron chi connectivity index (χ4n) is 6.88. The molecule has 44 heavy (non-hydrogen) atoms. The molecule has 0 aliphatic heterocycles. The van der Waals surface area contributed by atoms with E-state index in [0.717, 1.165) is 50.7 Å². The molecule has 1 atom stereocenters. The van der Waals surface area contributed by atoms with Crippen LogP contribution in [0.4, 0.5) is 14.5 Å². The molecule has 12 nitrogen and oxygen atoms in total. The van der Waals surface area contributed by atoms with E-state index in [0.29, 0.717) is 34.3 Å². The van der Waals surface area contributed by atoms with E-state index >= 15 is 0 Å². The number of hydrogen-bond donors (Lipinski definition) is 1. The number of hydrogen-bond acceptors (Lipinski definition) is 10. The van der Waals surface area contributed by atoms with Crippen LogP contribution in [0, 0.1) is 36.9 Å². The van der Waals surface area contributed by atoms with Gasteiger partial charge in [-0.05, 0) is 110 Å². The second-order valence-electron chi connectivity index (χ2n) is 11.6. The largest absolute Gasteiger partial charge is 0.451 e. The molecule has 4 saturated carbocycles. The summed E-state index contributed by atoms with van der Waals surface area (Å²) in [5, 5.41) is 6.57. The summed E-state index contributed by atoms with van der Waals surface area (Å²) in [6, 6.07) is 6.83. The first kappa shape index (κ1) is 32.2. The second-order valence-corrected chi connectivity index (χ2v) is 14.4. The van der Waals surface area contributed by atoms with Gasteiger partial charge in [0.25, 0.3) is 5.69 Å². The molecule has 0 amide bonds. The Kier molecular flexibility index (Phi) is 8.47. The van der Waals surface area contributed by atoms with Crippen LogP contribution in [0.2, 0.25) is 0 Å². The van der Waals surface area contributed by atoms with Crippen molar-refractivity contribution in [3.05, 3.63) is 61.2 Å². The van der Waals surface area contributed by atoms with E-state index in [1.807, 2.05) is 22.6 Å². The van der Waals surface area contributed by atoms with Crippen LogP contribution in [0.15, 0.2) is 36.4 Å². The van der Waals surface area contributed by atoms with Crippen LogP contribution >= 0.6 is 22.6 Å². The first-order chi connectivity index (χ1) is 20.5. The number of halogens is 3. The van der Waals surface area contributed by atoms with Gasteiger partial charge in [0.05, 0.1) is 10.3 Å². The summed E-state index contributed by atoms with van der Waals surface area (Å²) in [4.78, 5) is 49.8. The van der Waals surface area contributed by atoms with Crippen molar-refractivity contribution in [1.82, 2.24) is 0 Å². The van der Waals surface area contributed by atoms with E-state index in [-0.39, 0.29) is 11.3 Å². The summed E-state index contributed by atoms with van der Waals surface area (Å²) in [5.41, 5.74) is -2.62. The van der Waals surface area contributed by atoms with E-state index in [1.54, 1.807) is 6.07 Å². The molecule has 6 rings (SSSR count). The zero-order valence-corrected chi connectivity index (χ0v) is 26.0. The van der Waals surface area contributed by atoms with Gasteiger partial charge in [-0.15, -0.1) is 0 Å². The molecule has 1 N–H and O–H groups in total. The minimum absolute atomic E-state index is 0.0505. The molecule has 1 unspecified atom stereocenters. The van der Waals surface area contributed by atoms with Gasteiger partial charge in [0, 0.05) is 15.7 Å². The number of nitro groups is 1. The van der Waals surface area contributed by atoms with Gasteiger partial charge in [0.2, 0.25) is 0 Å². The quantitative estimate of drug-likeness (QED) is 0.0848. The first-order valence-corrected chi connectivity index (χ1v) is 16.1. The third-order valence-electron chi connectivity index (χ3n) is 8.53. The predicted octanol–water partition coefficient (Wildman–Crippen LogP) is 5.57. The predicted molar refractivity (Wildman–Crippen MR) is 155 cm³/mol. The number of nitrogens with zero attached hydrogens (tertiary/aromatic N) is 1. The number of carbonyl (C=O) groups is 3. The zero-order valence-electron chi connectivity index (χ0n) is 23.0. The van der Waals surface area contributed by atoms with Gasteiger partial charge in [0.15, 0.2) is 6.10 Å². The molecule has 0 saturated heterocycles. The monoisotopic (exact) mass is 749 g/mol. The fourth-order valence-corrected chi connectivity index (χ4v) is 7.81. The van der Waals surface area contributed by atoms with Crippen molar-refractivity contribution in [2.24, 2.45) is 23.2 Å². The molecule has 0 spiro atoms. The third kappa shape index (κ3) is 6.15. The highest BCUT2D eigenvalue weighted by molar-refractivity contribution is 14.1. The molecular formula is C28H26F2INO11S. The maximum absolute atomic E-state index is 13.9. The Balaban J connectivity index is 1.37. The van der Waals surface area contributed by atoms with E-state index in [4.69, 9.17) is 14.0 Å². The lowest BCUT2D eigenvalue weighted by atomic mass is 9.49. The number of ether oxygens (including phenoxy) is 3. The Morgan fingerprint density at radius 1 is 1.00 bits per heavy atom. The highest BCUT2D eigenvalue weighted by Gasteiger charge is 2.56. The summed E-state index contributed by atoms with van der Waals surface area (Å²) in [5.74, 6) is -2.27. The van der Waals surface area contributed by atoms with Crippen molar-refractivity contribution >= 4 is 56.3 Å². The van der Waals surface area contributed by atoms with Crippen molar-refractivity contribution in [1.29, 1.82) is 0 Å². The average Bonchev–Trinajstić information content (AvgIpc) is 2.91. The number of nitro benzene ring substituents is 1. The van der Waals surface area contributed by atoms with Crippen LogP contribution in [0.1, 0.15) is 66.2 Å². The summed E-state index contributed by atoms with van der Waals surface area (Å²) >= 11 is 1.98. The molecule has 2 aromatic rings. The molecular weight excluding hydrogens is 723 g/mol. The van der Waals surface area contributed by atoms with Crippen LogP contribution in [0.25, 0.3) is 0 Å². The van der Waals surface area contributed by atoms with Crippen LogP contribution in [-0.4, -0.2) is 47.2 Å². The van der Waals surface area contributed by atoms with Gasteiger partial charge in [-0.3, -0.25) is 19.5 Å². The Labute approximate surface area is 263 Å². The van der Waals surface area contributed by atoms with E-state index in [1.165, 1.54) is 12.1 Å². The van der Waals surface area contributed by atoms with Crippen molar-refractivity contribution in [3.8, 4) is 11.5 Å². The van der Waals surface area contributed by atoms with E-state index in [9.17, 15) is 41.7 Å². The van der Waals surface area contributed by atoms with Crippen LogP contribution in [0.3, 0.4) is 0 Å². The Bertz CT molecular complexity index is 1630. The van der Waals surface area contributed by atoms with Gasteiger partial charge in [-0.2, -0.15) is 17.2 Å². The van der Waals surface area contributed by atoms with Crippen LogP contribution < -0.4 is 9.47 Å². The van der Waals surface area contributed by atoms with Gasteiger partial charge in [0.1, 0.15) is 22.6 Å². The highest BCUT2D eigenvalue weighted by atomic mass is 127. The van der Waals surface area contributed by atoms with Gasteiger partial charge in [-0.1, -0.05) is 0 Å². The molecule has 0 heterocycles. The number of benzene rings is 2. The number of carbonyl (C=O) groups excluding carboxylic acids is 3. The lowest BCUT2D eigenvalue weighted by Gasteiger charge is -2.55. The van der Waals surface area contributed by atoms with Crippen molar-refractivity contribution in [3.63, 3.8) is 0 Å². The van der Waals surface area contributed by atoms with Crippen LogP contribution in [-0.2, 0) is 19.6 Å². The summed E-state index contributed by atoms with van der Waals surface area (Å²) in [6.07, 6.45) is 2.79. The minimum atomic E-state index is -5.99. The molecule has 4 aliphatic carbocycles. The number of esters is 3. The molecule has 4 fully saturated rings. The van der Waals surface area contributed by atoms with Gasteiger partial charge < -0.3 is 14.2 Å². The molecule has 0 aromatic heterocycles. The van der Waals surface area contributed by atoms with Gasteiger partial charge >= 0.3 is 33.3 Å². The minimum Gasteiger partial charge on any atom is -0.451 e. The molecule has 16 heteroatoms. The normalized spacial score (nSPS) is 24.8. The van der Waals surface area contributed by atoms with Crippen molar-refractivity contribution < 1.29 is 55.3 Å². The van der Waals surface area contributed by atoms with Gasteiger partial charge in [-0.25, -0.2) is 9.59 Å². The molecule has 236 valence electrons. The Morgan fingerprint density at radius 2 is 1.59 bits per heavy atom. The molecule has 2 aromatic carbocycles. The lowest BCUT2D eigenvalue weighted by molar-refractivity contribution is -0.385. The van der Waals surface area contributed by atoms with E-state index < -0.39 is 66.7 Å². The SMILES string of the molecule is CC(OC(=O)c1cc(OC(=O)c2ccc(I)cc2OC(=O)C23CC4CC(CC(C4)C2)C3)ccc1[N+](=O)[O-])C(F)(F)S(=O)(=O)O. The Hall–Kier alpha value is -3.25. The summed E-state index contributed by atoms with van der Waals surface area (Å²) in [6.45, 7) is 0.463. The maximum Gasteiger partial charge on any atom is 0.405 e. The molecule has 4 bridgehead atoms. The molecule has 0 radical (unpaired) electrons. The Morgan fingerprint density at radius 3 is 2.14 bits per heavy atom. The fraction of sp³-hybridized carbons (Fsp3) is 0.464. The molecule has 4 aliphatic rings. The number of alkyl halides is 2. The summed E-state index contributed by atoms with van der Waals surface area (Å²) in [7, 11) is -5.99. The maximum atomic E-state index is 13.9. The van der Waals surface area contributed by atoms with Crippen LogP contribution in [0.5, 0.6) is 11.5 Å². The average molecular weight is 749 g/mol. The zero-order chi connectivity index (χ0) is 32.2. The smallest absolute Gasteiger partial charge is 0.405 e. The van der Waals surface area contributed by atoms with Crippen molar-refractivity contribution in [2.75, 3.05) is 0 Å². The highest BCUT2D eigenvalue weighted by Crippen LogP contribution is 2.60. The number of rotatable bonds is 9. The standard InChI is InChI=1S/C28H26F2INO11S/c1-14(28(29,30)44(38,39)40)41-25(34)21-10-19(3-5-22(21)32(36)37)42-24(33)20-4-2-18(31)9-23(20)43-26(35)27-11-15-6-16(12-27)8-17(7-15)13-27/h2-5,9-10,14-17H,6-8,11-13H2,1H3,(H,38,39,40). The topological polar surface area (TPSA) is 176 Å². The third-order valence-corrected chi connectivity index (χ3v) is 10.2. The second kappa shape index (κ2) is 11.6. The van der Waals surface area contributed by atoms with E-state index in [2.05, 4.69) is 4.74 Å². The summed E-state index contributed by atoms with van der Waals surface area (Å²) < 4.78 is 74.8. The first-order valence-electron chi connectivity index (χ1n) is 13.6.